The third kappa shape index (κ3) is 6.76. The Balaban J connectivity index is 0.000000438. The fourth-order valence-corrected chi connectivity index (χ4v) is 3.65. The van der Waals surface area contributed by atoms with Crippen LogP contribution in [0.3, 0.4) is 0 Å². The maximum Gasteiger partial charge on any atom is 0.414 e. The highest BCUT2D eigenvalue weighted by Gasteiger charge is 2.19. The number of aliphatic carboxylic acids is 2. The number of para-hydroxylation sites is 2. The van der Waals surface area contributed by atoms with Crippen molar-refractivity contribution in [2.75, 3.05) is 37.5 Å². The van der Waals surface area contributed by atoms with Crippen LogP contribution in [-0.4, -0.2) is 59.6 Å². The lowest BCUT2D eigenvalue weighted by atomic mass is 10.0. The van der Waals surface area contributed by atoms with E-state index in [1.54, 1.807) is 0 Å². The SMILES string of the molecule is CN(CCCl)CCCN1c2ccccc2CCc2ccccc21.O=C(O)C(=O)O. The molecule has 0 unspecified atom stereocenters. The fourth-order valence-electron chi connectivity index (χ4n) is 3.37. The zero-order valence-electron chi connectivity index (χ0n) is 16.6. The van der Waals surface area contributed by atoms with E-state index in [0.29, 0.717) is 5.88 Å². The largest absolute Gasteiger partial charge is 0.473 e. The lowest BCUT2D eigenvalue weighted by Gasteiger charge is -2.28. The molecule has 0 saturated heterocycles. The zero-order valence-corrected chi connectivity index (χ0v) is 17.3. The molecule has 0 atom stereocenters. The van der Waals surface area contributed by atoms with Crippen molar-refractivity contribution in [2.24, 2.45) is 0 Å². The molecule has 6 nitrogen and oxygen atoms in total. The van der Waals surface area contributed by atoms with Crippen molar-refractivity contribution in [1.82, 2.24) is 4.90 Å². The van der Waals surface area contributed by atoms with Crippen molar-refractivity contribution in [3.63, 3.8) is 0 Å². The molecule has 1 aliphatic rings. The van der Waals surface area contributed by atoms with Crippen molar-refractivity contribution in [3.8, 4) is 0 Å². The molecule has 0 amide bonds. The summed E-state index contributed by atoms with van der Waals surface area (Å²) >= 11 is 5.83. The molecule has 29 heavy (non-hydrogen) atoms. The summed E-state index contributed by atoms with van der Waals surface area (Å²) < 4.78 is 0. The maximum absolute atomic E-state index is 9.10. The van der Waals surface area contributed by atoms with E-state index in [-0.39, 0.29) is 0 Å². The van der Waals surface area contributed by atoms with Crippen LogP contribution < -0.4 is 4.90 Å². The summed E-state index contributed by atoms with van der Waals surface area (Å²) in [6, 6.07) is 17.7. The van der Waals surface area contributed by atoms with Gasteiger partial charge in [0.2, 0.25) is 0 Å². The van der Waals surface area contributed by atoms with Crippen molar-refractivity contribution in [2.45, 2.75) is 19.3 Å². The molecule has 0 saturated carbocycles. The molecule has 2 aromatic carbocycles. The van der Waals surface area contributed by atoms with Crippen LogP contribution in [0.4, 0.5) is 11.4 Å². The van der Waals surface area contributed by atoms with Crippen molar-refractivity contribution < 1.29 is 19.8 Å². The molecule has 0 bridgehead atoms. The number of halogens is 1. The third-order valence-corrected chi connectivity index (χ3v) is 4.97. The Morgan fingerprint density at radius 2 is 1.41 bits per heavy atom. The minimum Gasteiger partial charge on any atom is -0.473 e. The maximum atomic E-state index is 9.10. The first-order valence-corrected chi connectivity index (χ1v) is 10.1. The number of carboxylic acids is 2. The highest BCUT2D eigenvalue weighted by atomic mass is 35.5. The van der Waals surface area contributed by atoms with Crippen LogP contribution in [0.2, 0.25) is 0 Å². The van der Waals surface area contributed by atoms with Gasteiger partial charge < -0.3 is 20.0 Å². The Morgan fingerprint density at radius 1 is 0.931 bits per heavy atom. The van der Waals surface area contributed by atoms with Gasteiger partial charge in [-0.25, -0.2) is 9.59 Å². The Morgan fingerprint density at radius 3 is 1.86 bits per heavy atom. The molecule has 2 N–H and O–H groups in total. The Bertz CT molecular complexity index is 768. The Hall–Kier alpha value is -2.57. The lowest BCUT2D eigenvalue weighted by Crippen LogP contribution is -2.27. The van der Waals surface area contributed by atoms with E-state index >= 15 is 0 Å². The minimum atomic E-state index is -1.82. The third-order valence-electron chi connectivity index (χ3n) is 4.80. The number of aryl methyl sites for hydroxylation is 2. The van der Waals surface area contributed by atoms with Gasteiger partial charge >= 0.3 is 11.9 Å². The first-order chi connectivity index (χ1) is 13.9. The van der Waals surface area contributed by atoms with Crippen LogP contribution in [0.25, 0.3) is 0 Å². The van der Waals surface area contributed by atoms with Crippen LogP contribution in [0.5, 0.6) is 0 Å². The number of fused-ring (bicyclic) bond motifs is 2. The predicted octanol–water partition coefficient (Wildman–Crippen LogP) is 3.64. The second-order valence-electron chi connectivity index (χ2n) is 6.87. The number of carboxylic acid groups (broad SMARTS) is 2. The van der Waals surface area contributed by atoms with E-state index in [1.165, 1.54) is 22.5 Å². The van der Waals surface area contributed by atoms with E-state index in [9.17, 15) is 0 Å². The number of nitrogens with zero attached hydrogens (tertiary/aromatic N) is 2. The first kappa shape index (κ1) is 22.7. The molecule has 0 fully saturated rings. The van der Waals surface area contributed by atoms with Gasteiger partial charge in [0.25, 0.3) is 0 Å². The molecule has 0 aliphatic carbocycles. The van der Waals surface area contributed by atoms with Gasteiger partial charge in [-0.1, -0.05) is 36.4 Å². The van der Waals surface area contributed by atoms with Crippen molar-refractivity contribution in [3.05, 3.63) is 59.7 Å². The van der Waals surface area contributed by atoms with Crippen LogP contribution in [0.1, 0.15) is 17.5 Å². The molecule has 0 aromatic heterocycles. The Kier molecular flexibility index (Phi) is 8.96. The number of hydrogen-bond acceptors (Lipinski definition) is 4. The van der Waals surface area contributed by atoms with Gasteiger partial charge in [0.05, 0.1) is 0 Å². The van der Waals surface area contributed by atoms with Crippen LogP contribution in [0.15, 0.2) is 48.5 Å². The first-order valence-electron chi connectivity index (χ1n) is 9.58. The molecule has 0 radical (unpaired) electrons. The topological polar surface area (TPSA) is 81.1 Å². The van der Waals surface area contributed by atoms with Gasteiger partial charge in [-0.15, -0.1) is 11.6 Å². The molecule has 1 heterocycles. The van der Waals surface area contributed by atoms with Crippen LogP contribution in [-0.2, 0) is 22.4 Å². The lowest BCUT2D eigenvalue weighted by molar-refractivity contribution is -0.159. The van der Waals surface area contributed by atoms with Crippen molar-refractivity contribution >= 4 is 34.9 Å². The molecule has 7 heteroatoms. The van der Waals surface area contributed by atoms with Crippen molar-refractivity contribution in [1.29, 1.82) is 0 Å². The van der Waals surface area contributed by atoms with Gasteiger partial charge in [0.15, 0.2) is 0 Å². The van der Waals surface area contributed by atoms with Gasteiger partial charge in [0, 0.05) is 30.3 Å². The molecule has 2 aromatic rings. The molecule has 3 rings (SSSR count). The number of anilines is 2. The van der Waals surface area contributed by atoms with Crippen LogP contribution >= 0.6 is 11.6 Å². The van der Waals surface area contributed by atoms with Gasteiger partial charge in [0.1, 0.15) is 0 Å². The quantitative estimate of drug-likeness (QED) is 0.550. The molecular formula is C22H27ClN2O4. The zero-order chi connectivity index (χ0) is 21.2. The second-order valence-corrected chi connectivity index (χ2v) is 7.24. The van der Waals surface area contributed by atoms with E-state index < -0.39 is 11.9 Å². The summed E-state index contributed by atoms with van der Waals surface area (Å²) in [4.78, 5) is 23.0. The van der Waals surface area contributed by atoms with E-state index in [0.717, 1.165) is 38.9 Å². The number of carbonyl (C=O) groups is 2. The highest BCUT2D eigenvalue weighted by Crippen LogP contribution is 2.35. The molecule has 1 aliphatic heterocycles. The average molecular weight is 419 g/mol. The van der Waals surface area contributed by atoms with Gasteiger partial charge in [-0.3, -0.25) is 0 Å². The smallest absolute Gasteiger partial charge is 0.414 e. The monoisotopic (exact) mass is 418 g/mol. The van der Waals surface area contributed by atoms with Crippen LogP contribution in [0, 0.1) is 0 Å². The van der Waals surface area contributed by atoms with Gasteiger partial charge in [-0.2, -0.15) is 0 Å². The molecule has 0 spiro atoms. The average Bonchev–Trinajstić information content (AvgIpc) is 2.86. The fraction of sp³-hybridized carbons (Fsp3) is 0.364. The summed E-state index contributed by atoms with van der Waals surface area (Å²) in [5.74, 6) is -2.95. The number of alkyl halides is 1. The van der Waals surface area contributed by atoms with E-state index in [4.69, 9.17) is 31.4 Å². The summed E-state index contributed by atoms with van der Waals surface area (Å²) in [5, 5.41) is 14.8. The normalized spacial score (nSPS) is 12.3. The summed E-state index contributed by atoms with van der Waals surface area (Å²) in [5.41, 5.74) is 5.66. The molecule has 156 valence electrons. The predicted molar refractivity (Wildman–Crippen MR) is 115 cm³/mol. The standard InChI is InChI=1S/C20H25ClN2.C2H2O4/c1-22(16-13-21)14-6-15-23-19-9-4-2-7-17(19)11-12-18-8-3-5-10-20(18)23;3-1(4)2(5)6/h2-5,7-10H,6,11-16H2,1H3;(H,3,4)(H,5,6). The van der Waals surface area contributed by atoms with E-state index in [1.807, 2.05) is 0 Å². The summed E-state index contributed by atoms with van der Waals surface area (Å²) in [6.45, 7) is 3.07. The highest BCUT2D eigenvalue weighted by molar-refractivity contribution is 6.27. The number of benzene rings is 2. The Labute approximate surface area is 176 Å². The summed E-state index contributed by atoms with van der Waals surface area (Å²) in [7, 11) is 2.15. The van der Waals surface area contributed by atoms with Gasteiger partial charge in [-0.05, 0) is 56.1 Å². The van der Waals surface area contributed by atoms with E-state index in [2.05, 4.69) is 65.4 Å². The number of hydrogen-bond donors (Lipinski definition) is 2. The second kappa shape index (κ2) is 11.4. The molecular weight excluding hydrogens is 392 g/mol. The summed E-state index contributed by atoms with van der Waals surface area (Å²) in [6.07, 6.45) is 3.38. The minimum absolute atomic E-state index is 0.700. The number of rotatable bonds is 6.